The van der Waals surface area contributed by atoms with Crippen LogP contribution in [0.4, 0.5) is 0 Å². The summed E-state index contributed by atoms with van der Waals surface area (Å²) in [6.45, 7) is 6.12. The molecule has 0 saturated heterocycles. The minimum atomic E-state index is 0.677. The predicted octanol–water partition coefficient (Wildman–Crippen LogP) is 3.16. The minimum absolute atomic E-state index is 0.677. The van der Waals surface area contributed by atoms with Gasteiger partial charge in [0.15, 0.2) is 0 Å². The molecule has 1 N–H and O–H groups in total. The molecule has 15 heavy (non-hydrogen) atoms. The molecule has 0 unspecified atom stereocenters. The van der Waals surface area contributed by atoms with Gasteiger partial charge in [-0.25, -0.2) is 0 Å². The Kier molecular flexibility index (Phi) is 4.92. The second kappa shape index (κ2) is 5.99. The van der Waals surface area contributed by atoms with Crippen molar-refractivity contribution in [3.8, 4) is 5.75 Å². The Balaban J connectivity index is 2.76. The second-order valence-electron chi connectivity index (χ2n) is 3.59. The van der Waals surface area contributed by atoms with Gasteiger partial charge in [-0.1, -0.05) is 18.5 Å². The van der Waals surface area contributed by atoms with Crippen LogP contribution < -0.4 is 10.1 Å². The molecule has 0 aliphatic heterocycles. The summed E-state index contributed by atoms with van der Waals surface area (Å²) in [4.78, 5) is 0. The van der Waals surface area contributed by atoms with Crippen LogP contribution >= 0.6 is 11.6 Å². The zero-order valence-electron chi connectivity index (χ0n) is 9.56. The van der Waals surface area contributed by atoms with E-state index in [0.29, 0.717) is 5.02 Å². The summed E-state index contributed by atoms with van der Waals surface area (Å²) in [5, 5.41) is 4.03. The summed E-state index contributed by atoms with van der Waals surface area (Å²) in [5.74, 6) is 0.744. The number of rotatable bonds is 5. The quantitative estimate of drug-likeness (QED) is 0.781. The molecule has 0 atom stereocenters. The van der Waals surface area contributed by atoms with Gasteiger partial charge in [-0.3, -0.25) is 0 Å². The van der Waals surface area contributed by atoms with Crippen LogP contribution in [0.15, 0.2) is 12.1 Å². The molecule has 0 aliphatic carbocycles. The average molecular weight is 228 g/mol. The number of benzene rings is 1. The Bertz CT molecular complexity index is 326. The lowest BCUT2D eigenvalue weighted by Crippen LogP contribution is -2.14. The van der Waals surface area contributed by atoms with Gasteiger partial charge in [-0.05, 0) is 43.1 Å². The third-order valence-electron chi connectivity index (χ3n) is 2.35. The van der Waals surface area contributed by atoms with Crippen molar-refractivity contribution in [1.82, 2.24) is 5.32 Å². The highest BCUT2D eigenvalue weighted by Crippen LogP contribution is 2.27. The molecule has 0 aliphatic rings. The monoisotopic (exact) mass is 227 g/mol. The maximum atomic E-state index is 6.06. The van der Waals surface area contributed by atoms with Gasteiger partial charge in [0.05, 0.1) is 12.1 Å². The van der Waals surface area contributed by atoms with Crippen LogP contribution in [0.5, 0.6) is 5.75 Å². The van der Waals surface area contributed by atoms with E-state index in [2.05, 4.69) is 19.2 Å². The van der Waals surface area contributed by atoms with Crippen molar-refractivity contribution in [3.05, 3.63) is 28.3 Å². The van der Waals surface area contributed by atoms with E-state index < -0.39 is 0 Å². The van der Waals surface area contributed by atoms with Crippen LogP contribution in [-0.2, 0) is 6.54 Å². The summed E-state index contributed by atoms with van der Waals surface area (Å²) in [5.41, 5.74) is 2.44. The van der Waals surface area contributed by atoms with Gasteiger partial charge >= 0.3 is 0 Å². The maximum absolute atomic E-state index is 6.06. The molecule has 0 bridgehead atoms. The maximum Gasteiger partial charge on any atom is 0.137 e. The van der Waals surface area contributed by atoms with E-state index in [4.69, 9.17) is 16.3 Å². The molecule has 0 amide bonds. The standard InChI is InChI=1S/C12H18ClNO/c1-4-5-14-8-10-7-11(13)12(15-3)6-9(10)2/h6-7,14H,4-5,8H2,1-3H3. The molecule has 1 aromatic rings. The van der Waals surface area contributed by atoms with Gasteiger partial charge in [0.1, 0.15) is 5.75 Å². The van der Waals surface area contributed by atoms with Crippen molar-refractivity contribution in [2.75, 3.05) is 13.7 Å². The van der Waals surface area contributed by atoms with Crippen LogP contribution in [0.25, 0.3) is 0 Å². The van der Waals surface area contributed by atoms with Crippen LogP contribution in [-0.4, -0.2) is 13.7 Å². The van der Waals surface area contributed by atoms with Gasteiger partial charge in [0, 0.05) is 6.54 Å². The van der Waals surface area contributed by atoms with Gasteiger partial charge in [-0.2, -0.15) is 0 Å². The Morgan fingerprint density at radius 2 is 2.13 bits per heavy atom. The summed E-state index contributed by atoms with van der Waals surface area (Å²) in [7, 11) is 1.63. The summed E-state index contributed by atoms with van der Waals surface area (Å²) in [6, 6.07) is 3.95. The normalized spacial score (nSPS) is 10.4. The molecule has 0 saturated carbocycles. The van der Waals surface area contributed by atoms with E-state index in [-0.39, 0.29) is 0 Å². The zero-order chi connectivity index (χ0) is 11.3. The molecule has 1 rings (SSSR count). The van der Waals surface area contributed by atoms with E-state index in [1.165, 1.54) is 11.1 Å². The first kappa shape index (κ1) is 12.3. The fourth-order valence-corrected chi connectivity index (χ4v) is 1.71. The van der Waals surface area contributed by atoms with E-state index in [0.717, 1.165) is 25.3 Å². The van der Waals surface area contributed by atoms with Crippen molar-refractivity contribution >= 4 is 11.6 Å². The molecule has 0 spiro atoms. The highest BCUT2D eigenvalue weighted by molar-refractivity contribution is 6.32. The number of hydrogen-bond donors (Lipinski definition) is 1. The van der Waals surface area contributed by atoms with Crippen molar-refractivity contribution in [1.29, 1.82) is 0 Å². The minimum Gasteiger partial charge on any atom is -0.495 e. The number of methoxy groups -OCH3 is 1. The number of ether oxygens (including phenoxy) is 1. The predicted molar refractivity (Wildman–Crippen MR) is 64.7 cm³/mol. The summed E-state index contributed by atoms with van der Waals surface area (Å²) < 4.78 is 5.15. The van der Waals surface area contributed by atoms with E-state index in [1.54, 1.807) is 7.11 Å². The first-order chi connectivity index (χ1) is 7.19. The second-order valence-corrected chi connectivity index (χ2v) is 4.00. The molecule has 0 aromatic heterocycles. The molecule has 0 fully saturated rings. The highest BCUT2D eigenvalue weighted by atomic mass is 35.5. The first-order valence-electron chi connectivity index (χ1n) is 5.22. The van der Waals surface area contributed by atoms with Crippen LogP contribution in [0, 0.1) is 6.92 Å². The molecule has 2 nitrogen and oxygen atoms in total. The molecule has 84 valence electrons. The number of nitrogens with one attached hydrogen (secondary N) is 1. The Morgan fingerprint density at radius 1 is 1.40 bits per heavy atom. The van der Waals surface area contributed by atoms with Gasteiger partial charge in [0.25, 0.3) is 0 Å². The van der Waals surface area contributed by atoms with Gasteiger partial charge < -0.3 is 10.1 Å². The fourth-order valence-electron chi connectivity index (χ4n) is 1.44. The topological polar surface area (TPSA) is 21.3 Å². The molecule has 1 aromatic carbocycles. The lowest BCUT2D eigenvalue weighted by molar-refractivity contribution is 0.414. The Labute approximate surface area is 96.6 Å². The fraction of sp³-hybridized carbons (Fsp3) is 0.500. The highest BCUT2D eigenvalue weighted by Gasteiger charge is 2.05. The smallest absolute Gasteiger partial charge is 0.137 e. The third kappa shape index (κ3) is 3.40. The van der Waals surface area contributed by atoms with Crippen LogP contribution in [0.2, 0.25) is 5.02 Å². The van der Waals surface area contributed by atoms with Crippen molar-refractivity contribution < 1.29 is 4.74 Å². The first-order valence-corrected chi connectivity index (χ1v) is 5.60. The van der Waals surface area contributed by atoms with E-state index >= 15 is 0 Å². The lowest BCUT2D eigenvalue weighted by Gasteiger charge is -2.10. The third-order valence-corrected chi connectivity index (χ3v) is 2.65. The number of aryl methyl sites for hydroxylation is 1. The summed E-state index contributed by atoms with van der Waals surface area (Å²) in [6.07, 6.45) is 1.14. The van der Waals surface area contributed by atoms with Crippen molar-refractivity contribution in [2.45, 2.75) is 26.8 Å². The molecule has 3 heteroatoms. The SMILES string of the molecule is CCCNCc1cc(Cl)c(OC)cc1C. The van der Waals surface area contributed by atoms with Crippen LogP contribution in [0.3, 0.4) is 0 Å². The Hall–Kier alpha value is -0.730. The van der Waals surface area contributed by atoms with E-state index in [1.807, 2.05) is 12.1 Å². The van der Waals surface area contributed by atoms with Gasteiger partial charge in [0.2, 0.25) is 0 Å². The average Bonchev–Trinajstić information content (AvgIpc) is 2.23. The van der Waals surface area contributed by atoms with Crippen LogP contribution in [0.1, 0.15) is 24.5 Å². The molecular weight excluding hydrogens is 210 g/mol. The van der Waals surface area contributed by atoms with Crippen molar-refractivity contribution in [3.63, 3.8) is 0 Å². The van der Waals surface area contributed by atoms with Gasteiger partial charge in [-0.15, -0.1) is 0 Å². The number of halogens is 1. The molecule has 0 radical (unpaired) electrons. The van der Waals surface area contributed by atoms with Crippen molar-refractivity contribution in [2.24, 2.45) is 0 Å². The largest absolute Gasteiger partial charge is 0.495 e. The summed E-state index contributed by atoms with van der Waals surface area (Å²) >= 11 is 6.06. The van der Waals surface area contributed by atoms with E-state index in [9.17, 15) is 0 Å². The number of hydrogen-bond acceptors (Lipinski definition) is 2. The lowest BCUT2D eigenvalue weighted by atomic mass is 10.1. The Morgan fingerprint density at radius 3 is 2.73 bits per heavy atom. The molecular formula is C12H18ClNO. The zero-order valence-corrected chi connectivity index (χ0v) is 10.3. The molecule has 0 heterocycles.